The van der Waals surface area contributed by atoms with Crippen molar-refractivity contribution in [2.75, 3.05) is 19.8 Å². The molecule has 1 aromatic rings. The molecule has 0 unspecified atom stereocenters. The standard InChI is InChI=1S/C15H25NO3/c1-5-17-15(11-16,18-6-2)13-7-9-14(10-8-13)19-12(3)4/h7-10,12H,5-6,11,16H2,1-4H3. The Morgan fingerprint density at radius 3 is 1.95 bits per heavy atom. The first kappa shape index (κ1) is 16.0. The minimum absolute atomic E-state index is 0.156. The molecular weight excluding hydrogens is 242 g/mol. The van der Waals surface area contributed by atoms with Crippen LogP contribution in [0.15, 0.2) is 24.3 Å². The maximum Gasteiger partial charge on any atom is 0.207 e. The summed E-state index contributed by atoms with van der Waals surface area (Å²) in [7, 11) is 0. The van der Waals surface area contributed by atoms with Crippen LogP contribution in [0.3, 0.4) is 0 Å². The average molecular weight is 267 g/mol. The second kappa shape index (κ2) is 7.48. The highest BCUT2D eigenvalue weighted by Gasteiger charge is 2.32. The molecule has 2 N–H and O–H groups in total. The molecule has 0 aromatic heterocycles. The van der Waals surface area contributed by atoms with Gasteiger partial charge in [-0.3, -0.25) is 0 Å². The largest absolute Gasteiger partial charge is 0.491 e. The van der Waals surface area contributed by atoms with E-state index in [4.69, 9.17) is 19.9 Å². The van der Waals surface area contributed by atoms with Crippen molar-refractivity contribution < 1.29 is 14.2 Å². The number of ether oxygens (including phenoxy) is 3. The second-order valence-corrected chi connectivity index (χ2v) is 4.51. The number of benzene rings is 1. The Kier molecular flexibility index (Phi) is 6.28. The zero-order chi connectivity index (χ0) is 14.3. The molecule has 0 amide bonds. The number of rotatable bonds is 8. The normalized spacial score (nSPS) is 11.9. The summed E-state index contributed by atoms with van der Waals surface area (Å²) >= 11 is 0. The summed E-state index contributed by atoms with van der Waals surface area (Å²) in [6, 6.07) is 7.71. The van der Waals surface area contributed by atoms with E-state index < -0.39 is 5.79 Å². The van der Waals surface area contributed by atoms with E-state index in [0.717, 1.165) is 11.3 Å². The minimum atomic E-state index is -0.861. The van der Waals surface area contributed by atoms with Gasteiger partial charge in [-0.15, -0.1) is 0 Å². The molecule has 0 spiro atoms. The van der Waals surface area contributed by atoms with Gasteiger partial charge in [0.1, 0.15) is 5.75 Å². The van der Waals surface area contributed by atoms with Crippen LogP contribution < -0.4 is 10.5 Å². The summed E-state index contributed by atoms with van der Waals surface area (Å²) in [4.78, 5) is 0. The van der Waals surface area contributed by atoms with Crippen molar-refractivity contribution in [3.63, 3.8) is 0 Å². The number of hydrogen-bond acceptors (Lipinski definition) is 4. The third-order valence-electron chi connectivity index (χ3n) is 2.69. The molecule has 0 bridgehead atoms. The van der Waals surface area contributed by atoms with Crippen molar-refractivity contribution in [2.45, 2.75) is 39.6 Å². The van der Waals surface area contributed by atoms with E-state index in [1.165, 1.54) is 0 Å². The van der Waals surface area contributed by atoms with Crippen molar-refractivity contribution in [3.8, 4) is 5.75 Å². The Labute approximate surface area is 115 Å². The molecule has 4 heteroatoms. The molecule has 0 aliphatic rings. The zero-order valence-corrected chi connectivity index (χ0v) is 12.3. The van der Waals surface area contributed by atoms with E-state index in [0.29, 0.717) is 13.2 Å². The summed E-state index contributed by atoms with van der Waals surface area (Å²) in [6.07, 6.45) is 0.156. The molecule has 0 atom stereocenters. The van der Waals surface area contributed by atoms with Crippen molar-refractivity contribution >= 4 is 0 Å². The molecule has 0 heterocycles. The van der Waals surface area contributed by atoms with Crippen molar-refractivity contribution in [3.05, 3.63) is 29.8 Å². The summed E-state index contributed by atoms with van der Waals surface area (Å²) in [5, 5.41) is 0. The van der Waals surface area contributed by atoms with E-state index in [1.807, 2.05) is 52.0 Å². The fourth-order valence-corrected chi connectivity index (χ4v) is 1.97. The molecule has 108 valence electrons. The molecule has 4 nitrogen and oxygen atoms in total. The average Bonchev–Trinajstić information content (AvgIpc) is 2.38. The highest BCUT2D eigenvalue weighted by Crippen LogP contribution is 2.28. The number of hydrogen-bond donors (Lipinski definition) is 1. The van der Waals surface area contributed by atoms with E-state index in [1.54, 1.807) is 0 Å². The second-order valence-electron chi connectivity index (χ2n) is 4.51. The van der Waals surface area contributed by atoms with Crippen molar-refractivity contribution in [1.29, 1.82) is 0 Å². The molecular formula is C15H25NO3. The lowest BCUT2D eigenvalue weighted by Gasteiger charge is -2.32. The van der Waals surface area contributed by atoms with Gasteiger partial charge in [-0.25, -0.2) is 0 Å². The molecule has 0 saturated heterocycles. The molecule has 0 fully saturated rings. The van der Waals surface area contributed by atoms with Crippen LogP contribution in [0.5, 0.6) is 5.75 Å². The van der Waals surface area contributed by atoms with Crippen LogP contribution in [0, 0.1) is 0 Å². The quantitative estimate of drug-likeness (QED) is 0.736. The third-order valence-corrected chi connectivity index (χ3v) is 2.69. The summed E-state index contributed by atoms with van der Waals surface area (Å²) < 4.78 is 17.1. The molecule has 0 aliphatic heterocycles. The van der Waals surface area contributed by atoms with Gasteiger partial charge < -0.3 is 19.9 Å². The molecule has 0 saturated carbocycles. The molecule has 1 aromatic carbocycles. The fourth-order valence-electron chi connectivity index (χ4n) is 1.97. The van der Waals surface area contributed by atoms with E-state index in [-0.39, 0.29) is 12.6 Å². The maximum atomic E-state index is 5.85. The topological polar surface area (TPSA) is 53.7 Å². The summed E-state index contributed by atoms with van der Waals surface area (Å²) in [5.74, 6) is -0.0301. The smallest absolute Gasteiger partial charge is 0.207 e. The number of nitrogens with two attached hydrogens (primary N) is 1. The minimum Gasteiger partial charge on any atom is -0.491 e. The Balaban J connectivity index is 2.96. The zero-order valence-electron chi connectivity index (χ0n) is 12.3. The highest BCUT2D eigenvalue weighted by atomic mass is 16.7. The van der Waals surface area contributed by atoms with Crippen LogP contribution in [0.4, 0.5) is 0 Å². The Morgan fingerprint density at radius 1 is 1.05 bits per heavy atom. The van der Waals surface area contributed by atoms with Gasteiger partial charge in [-0.05, 0) is 52.0 Å². The monoisotopic (exact) mass is 267 g/mol. The van der Waals surface area contributed by atoms with Crippen molar-refractivity contribution in [2.24, 2.45) is 5.73 Å². The predicted molar refractivity (Wildman–Crippen MR) is 76.2 cm³/mol. The molecule has 1 rings (SSSR count). The van der Waals surface area contributed by atoms with Crippen LogP contribution in [-0.4, -0.2) is 25.9 Å². The lowest BCUT2D eigenvalue weighted by molar-refractivity contribution is -0.235. The van der Waals surface area contributed by atoms with Crippen LogP contribution in [-0.2, 0) is 15.3 Å². The van der Waals surface area contributed by atoms with Gasteiger partial charge in [0.2, 0.25) is 5.79 Å². The van der Waals surface area contributed by atoms with Crippen LogP contribution >= 0.6 is 0 Å². The van der Waals surface area contributed by atoms with Gasteiger partial charge in [-0.1, -0.05) is 0 Å². The van der Waals surface area contributed by atoms with Gasteiger partial charge >= 0.3 is 0 Å². The van der Waals surface area contributed by atoms with E-state index >= 15 is 0 Å². The summed E-state index contributed by atoms with van der Waals surface area (Å²) in [5.41, 5.74) is 6.76. The van der Waals surface area contributed by atoms with Gasteiger partial charge in [0.15, 0.2) is 0 Å². The first-order valence-electron chi connectivity index (χ1n) is 6.83. The first-order chi connectivity index (χ1) is 9.07. The van der Waals surface area contributed by atoms with E-state index in [2.05, 4.69) is 0 Å². The van der Waals surface area contributed by atoms with Gasteiger partial charge in [0.05, 0.1) is 12.6 Å². The van der Waals surface area contributed by atoms with Crippen LogP contribution in [0.25, 0.3) is 0 Å². The van der Waals surface area contributed by atoms with Gasteiger partial charge in [-0.2, -0.15) is 0 Å². The lowest BCUT2D eigenvalue weighted by atomic mass is 10.1. The SMILES string of the molecule is CCOC(CN)(OCC)c1ccc(OC(C)C)cc1. The first-order valence-corrected chi connectivity index (χ1v) is 6.83. The van der Waals surface area contributed by atoms with Gasteiger partial charge in [0.25, 0.3) is 0 Å². The van der Waals surface area contributed by atoms with Crippen molar-refractivity contribution in [1.82, 2.24) is 0 Å². The predicted octanol–water partition coefficient (Wildman–Crippen LogP) is 2.66. The van der Waals surface area contributed by atoms with Gasteiger partial charge in [0, 0.05) is 18.8 Å². The Bertz CT molecular complexity index is 356. The fraction of sp³-hybridized carbons (Fsp3) is 0.600. The maximum absolute atomic E-state index is 5.85. The lowest BCUT2D eigenvalue weighted by Crippen LogP contribution is -2.41. The molecule has 0 aliphatic carbocycles. The molecule has 19 heavy (non-hydrogen) atoms. The van der Waals surface area contributed by atoms with Crippen LogP contribution in [0.1, 0.15) is 33.3 Å². The van der Waals surface area contributed by atoms with Crippen LogP contribution in [0.2, 0.25) is 0 Å². The third kappa shape index (κ3) is 4.20. The Hall–Kier alpha value is -1.10. The van der Waals surface area contributed by atoms with E-state index in [9.17, 15) is 0 Å². The summed E-state index contributed by atoms with van der Waals surface area (Å²) in [6.45, 7) is 9.22. The highest BCUT2D eigenvalue weighted by molar-refractivity contribution is 5.30. The Morgan fingerprint density at radius 2 is 1.58 bits per heavy atom. The molecule has 0 radical (unpaired) electrons.